The summed E-state index contributed by atoms with van der Waals surface area (Å²) in [7, 11) is 0. The zero-order valence-corrected chi connectivity index (χ0v) is 20.0. The van der Waals surface area contributed by atoms with E-state index in [1.807, 2.05) is 37.8 Å². The van der Waals surface area contributed by atoms with Gasteiger partial charge < -0.3 is 24.7 Å². The summed E-state index contributed by atoms with van der Waals surface area (Å²) >= 11 is 0. The van der Waals surface area contributed by atoms with Crippen molar-refractivity contribution in [2.24, 2.45) is 10.7 Å². The van der Waals surface area contributed by atoms with Gasteiger partial charge in [-0.15, -0.1) is 24.0 Å². The van der Waals surface area contributed by atoms with Gasteiger partial charge in [-0.25, -0.2) is 4.79 Å². The number of hydrogen-bond donors (Lipinski definition) is 1. The third-order valence-electron chi connectivity index (χ3n) is 5.13. The standard InChI is InChI=1S/C20H33N5O3.HI/c1-20(2,3)28-19(26)25-12-10-24(11-13-25)18(21)22-15-16(17-7-6-14-27-17)23-8-4-5-9-23;/h6-7,14,16H,4-5,8-13,15H2,1-3H3,(H2,21,22);1H. The van der Waals surface area contributed by atoms with E-state index in [0.29, 0.717) is 38.7 Å². The molecule has 2 N–H and O–H groups in total. The highest BCUT2D eigenvalue weighted by Gasteiger charge is 2.28. The Morgan fingerprint density at radius 2 is 1.79 bits per heavy atom. The minimum absolute atomic E-state index is 0. The fraction of sp³-hybridized carbons (Fsp3) is 0.700. The number of ether oxygens (including phenoxy) is 1. The number of guanidine groups is 1. The molecule has 0 aliphatic carbocycles. The number of halogens is 1. The van der Waals surface area contributed by atoms with Gasteiger partial charge in [0.05, 0.1) is 18.8 Å². The Kier molecular flexibility index (Phi) is 8.62. The van der Waals surface area contributed by atoms with E-state index in [9.17, 15) is 4.79 Å². The molecule has 2 fully saturated rings. The van der Waals surface area contributed by atoms with Crippen LogP contribution in [0.4, 0.5) is 4.79 Å². The molecule has 2 saturated heterocycles. The average Bonchev–Trinajstić information content (AvgIpc) is 3.35. The molecule has 1 aromatic heterocycles. The quantitative estimate of drug-likeness (QED) is 0.374. The van der Waals surface area contributed by atoms with Crippen molar-refractivity contribution in [3.8, 4) is 0 Å². The Morgan fingerprint density at radius 3 is 2.34 bits per heavy atom. The molecule has 3 heterocycles. The first-order valence-corrected chi connectivity index (χ1v) is 10.1. The normalized spacial score (nSPS) is 19.8. The number of furan rings is 1. The van der Waals surface area contributed by atoms with Crippen molar-refractivity contribution in [2.45, 2.75) is 45.3 Å². The van der Waals surface area contributed by atoms with Crippen LogP contribution < -0.4 is 5.73 Å². The second kappa shape index (κ2) is 10.5. The number of rotatable bonds is 4. The molecule has 3 rings (SSSR count). The van der Waals surface area contributed by atoms with Crippen molar-refractivity contribution >= 4 is 36.0 Å². The van der Waals surface area contributed by atoms with Crippen molar-refractivity contribution in [3.05, 3.63) is 24.2 Å². The number of hydrogen-bond acceptors (Lipinski definition) is 5. The molecule has 1 unspecified atom stereocenters. The van der Waals surface area contributed by atoms with Gasteiger partial charge in [0.15, 0.2) is 5.96 Å². The first kappa shape index (κ1) is 23.8. The first-order chi connectivity index (χ1) is 13.3. The Hall–Kier alpha value is -1.49. The first-order valence-electron chi connectivity index (χ1n) is 10.1. The van der Waals surface area contributed by atoms with Crippen LogP contribution in [0.15, 0.2) is 27.8 Å². The van der Waals surface area contributed by atoms with Gasteiger partial charge in [-0.3, -0.25) is 9.89 Å². The number of carbonyl (C=O) groups excluding carboxylic acids is 1. The molecule has 0 spiro atoms. The lowest BCUT2D eigenvalue weighted by atomic mass is 10.2. The zero-order valence-electron chi connectivity index (χ0n) is 17.7. The lowest BCUT2D eigenvalue weighted by Gasteiger charge is -2.36. The largest absolute Gasteiger partial charge is 0.468 e. The van der Waals surface area contributed by atoms with E-state index in [2.05, 4.69) is 9.89 Å². The maximum atomic E-state index is 12.2. The second-order valence-corrected chi connectivity index (χ2v) is 8.43. The van der Waals surface area contributed by atoms with E-state index in [1.165, 1.54) is 12.8 Å². The summed E-state index contributed by atoms with van der Waals surface area (Å²) in [4.78, 5) is 23.0. The fourth-order valence-electron chi connectivity index (χ4n) is 3.64. The molecular weight excluding hydrogens is 485 g/mol. The summed E-state index contributed by atoms with van der Waals surface area (Å²) in [5, 5.41) is 0. The molecule has 0 saturated carbocycles. The third-order valence-corrected chi connectivity index (χ3v) is 5.13. The predicted molar refractivity (Wildman–Crippen MR) is 124 cm³/mol. The van der Waals surface area contributed by atoms with Crippen molar-refractivity contribution in [3.63, 3.8) is 0 Å². The maximum Gasteiger partial charge on any atom is 0.410 e. The number of carbonyl (C=O) groups is 1. The molecule has 2 aliphatic rings. The number of nitrogens with two attached hydrogens (primary N) is 1. The summed E-state index contributed by atoms with van der Waals surface area (Å²) in [5.41, 5.74) is 5.78. The Morgan fingerprint density at radius 1 is 1.17 bits per heavy atom. The summed E-state index contributed by atoms with van der Waals surface area (Å²) in [6, 6.07) is 4.05. The van der Waals surface area contributed by atoms with Gasteiger partial charge >= 0.3 is 6.09 Å². The third kappa shape index (κ3) is 6.77. The summed E-state index contributed by atoms with van der Waals surface area (Å²) in [5.74, 6) is 1.47. The molecule has 8 nitrogen and oxygen atoms in total. The maximum absolute atomic E-state index is 12.2. The van der Waals surface area contributed by atoms with E-state index >= 15 is 0 Å². The van der Waals surface area contributed by atoms with E-state index in [1.54, 1.807) is 11.2 Å². The molecule has 2 aliphatic heterocycles. The molecule has 1 atom stereocenters. The van der Waals surface area contributed by atoms with Crippen LogP contribution in [0.25, 0.3) is 0 Å². The highest BCUT2D eigenvalue weighted by molar-refractivity contribution is 14.0. The summed E-state index contributed by atoms with van der Waals surface area (Å²) in [6.45, 7) is 10.8. The van der Waals surface area contributed by atoms with Crippen molar-refractivity contribution in [1.29, 1.82) is 0 Å². The monoisotopic (exact) mass is 519 g/mol. The molecular formula is C20H34IN5O3. The molecule has 0 radical (unpaired) electrons. The summed E-state index contributed by atoms with van der Waals surface area (Å²) in [6.07, 6.45) is 3.86. The Bertz CT molecular complexity index is 660. The Labute approximate surface area is 190 Å². The topological polar surface area (TPSA) is 87.5 Å². The highest BCUT2D eigenvalue weighted by atomic mass is 127. The van der Waals surface area contributed by atoms with E-state index in [0.717, 1.165) is 18.8 Å². The highest BCUT2D eigenvalue weighted by Crippen LogP contribution is 2.25. The lowest BCUT2D eigenvalue weighted by Crippen LogP contribution is -2.53. The molecule has 1 amide bonds. The van der Waals surface area contributed by atoms with Gasteiger partial charge in [-0.2, -0.15) is 0 Å². The van der Waals surface area contributed by atoms with Crippen LogP contribution in [0.3, 0.4) is 0 Å². The van der Waals surface area contributed by atoms with Gasteiger partial charge in [0.2, 0.25) is 0 Å². The predicted octanol–water partition coefficient (Wildman–Crippen LogP) is 2.90. The van der Waals surface area contributed by atoms with Crippen LogP contribution in [-0.2, 0) is 4.74 Å². The number of likely N-dealkylation sites (tertiary alicyclic amines) is 1. The molecule has 0 aromatic carbocycles. The number of amides is 1. The SMILES string of the molecule is CC(C)(C)OC(=O)N1CCN(C(N)=NCC(c2ccco2)N2CCCC2)CC1.I. The van der Waals surface area contributed by atoms with Crippen LogP contribution in [0.1, 0.15) is 45.4 Å². The zero-order chi connectivity index (χ0) is 20.1. The van der Waals surface area contributed by atoms with Crippen LogP contribution in [0.5, 0.6) is 0 Å². The smallest absolute Gasteiger partial charge is 0.410 e. The van der Waals surface area contributed by atoms with Gasteiger partial charge in [-0.1, -0.05) is 0 Å². The van der Waals surface area contributed by atoms with Gasteiger partial charge in [0, 0.05) is 26.2 Å². The van der Waals surface area contributed by atoms with Crippen molar-refractivity contribution in [1.82, 2.24) is 14.7 Å². The number of piperazine rings is 1. The van der Waals surface area contributed by atoms with E-state index in [4.69, 9.17) is 14.9 Å². The second-order valence-electron chi connectivity index (χ2n) is 8.43. The minimum atomic E-state index is -0.481. The lowest BCUT2D eigenvalue weighted by molar-refractivity contribution is 0.0186. The Balaban J connectivity index is 0.00000300. The summed E-state index contributed by atoms with van der Waals surface area (Å²) < 4.78 is 11.1. The van der Waals surface area contributed by atoms with Crippen molar-refractivity contribution in [2.75, 3.05) is 45.8 Å². The number of nitrogens with zero attached hydrogens (tertiary/aromatic N) is 4. The fourth-order valence-corrected chi connectivity index (χ4v) is 3.64. The van der Waals surface area contributed by atoms with E-state index < -0.39 is 5.60 Å². The van der Waals surface area contributed by atoms with Crippen LogP contribution in [0.2, 0.25) is 0 Å². The molecule has 0 bridgehead atoms. The van der Waals surface area contributed by atoms with E-state index in [-0.39, 0.29) is 36.1 Å². The van der Waals surface area contributed by atoms with Gasteiger partial charge in [-0.05, 0) is 58.8 Å². The minimum Gasteiger partial charge on any atom is -0.468 e. The van der Waals surface area contributed by atoms with Gasteiger partial charge in [0.25, 0.3) is 0 Å². The van der Waals surface area contributed by atoms with Crippen LogP contribution in [-0.4, -0.2) is 78.2 Å². The van der Waals surface area contributed by atoms with Crippen LogP contribution in [0, 0.1) is 0 Å². The molecule has 1 aromatic rings. The van der Waals surface area contributed by atoms with Crippen molar-refractivity contribution < 1.29 is 13.9 Å². The van der Waals surface area contributed by atoms with Gasteiger partial charge in [0.1, 0.15) is 11.4 Å². The average molecular weight is 519 g/mol. The number of aliphatic imine (C=N–C) groups is 1. The molecule has 29 heavy (non-hydrogen) atoms. The molecule has 164 valence electrons. The van der Waals surface area contributed by atoms with Crippen LogP contribution >= 0.6 is 24.0 Å². The molecule has 9 heteroatoms.